The van der Waals surface area contributed by atoms with Gasteiger partial charge in [-0.3, -0.25) is 10.1 Å². The minimum atomic E-state index is -1.05. The number of aromatic carboxylic acids is 1. The Balaban J connectivity index is 2.33. The summed E-state index contributed by atoms with van der Waals surface area (Å²) in [5.74, 6) is -1.05. The van der Waals surface area contributed by atoms with Crippen LogP contribution in [0.1, 0.15) is 15.9 Å². The maximum absolute atomic E-state index is 11.0. The molecule has 0 aliphatic rings. The van der Waals surface area contributed by atoms with Crippen molar-refractivity contribution >= 4 is 23.4 Å². The first-order chi connectivity index (χ1) is 10.0. The van der Waals surface area contributed by atoms with E-state index in [1.54, 1.807) is 6.07 Å². The van der Waals surface area contributed by atoms with Crippen LogP contribution in [0.25, 0.3) is 0 Å². The van der Waals surface area contributed by atoms with Gasteiger partial charge in [0.25, 0.3) is 0 Å². The number of aromatic nitrogens is 1. The molecule has 2 aromatic rings. The standard InChI is InChI=1S/C13H7N3O4S/c14-6-8-5-11(16(19)20)12(15-7-8)21-10-3-1-9(2-4-10)13(17)18/h1-5,7H,(H,17,18). The van der Waals surface area contributed by atoms with Gasteiger partial charge in [0.1, 0.15) is 6.07 Å². The Labute approximate surface area is 123 Å². The molecule has 8 heteroatoms. The van der Waals surface area contributed by atoms with Crippen LogP contribution in [0, 0.1) is 21.4 Å². The van der Waals surface area contributed by atoms with E-state index in [0.29, 0.717) is 4.90 Å². The molecule has 2 rings (SSSR count). The minimum Gasteiger partial charge on any atom is -0.478 e. The molecule has 1 heterocycles. The molecule has 21 heavy (non-hydrogen) atoms. The molecular formula is C13H7N3O4S. The molecule has 0 bridgehead atoms. The number of carboxylic acids is 1. The lowest BCUT2D eigenvalue weighted by Gasteiger charge is -2.03. The Morgan fingerprint density at radius 1 is 1.38 bits per heavy atom. The Morgan fingerprint density at radius 3 is 2.57 bits per heavy atom. The fraction of sp³-hybridized carbons (Fsp3) is 0. The summed E-state index contributed by atoms with van der Waals surface area (Å²) in [6.45, 7) is 0. The predicted molar refractivity (Wildman–Crippen MR) is 73.1 cm³/mol. The molecule has 0 radical (unpaired) electrons. The fourth-order valence-corrected chi connectivity index (χ4v) is 2.33. The van der Waals surface area contributed by atoms with Crippen molar-refractivity contribution in [2.75, 3.05) is 0 Å². The third-order valence-electron chi connectivity index (χ3n) is 2.47. The van der Waals surface area contributed by atoms with Crippen molar-refractivity contribution in [2.24, 2.45) is 0 Å². The molecule has 1 N–H and O–H groups in total. The van der Waals surface area contributed by atoms with Crippen molar-refractivity contribution in [3.05, 3.63) is 57.8 Å². The Morgan fingerprint density at radius 2 is 2.05 bits per heavy atom. The normalized spacial score (nSPS) is 9.86. The summed E-state index contributed by atoms with van der Waals surface area (Å²) < 4.78 is 0. The first-order valence-electron chi connectivity index (χ1n) is 5.57. The number of carboxylic acid groups (broad SMARTS) is 1. The van der Waals surface area contributed by atoms with Crippen molar-refractivity contribution in [1.29, 1.82) is 5.26 Å². The first-order valence-corrected chi connectivity index (χ1v) is 6.38. The van der Waals surface area contributed by atoms with Gasteiger partial charge in [-0.05, 0) is 24.3 Å². The van der Waals surface area contributed by atoms with E-state index in [1.165, 1.54) is 30.5 Å². The highest BCUT2D eigenvalue weighted by atomic mass is 32.2. The highest BCUT2D eigenvalue weighted by Gasteiger charge is 2.17. The van der Waals surface area contributed by atoms with Crippen LogP contribution >= 0.6 is 11.8 Å². The molecule has 0 aliphatic carbocycles. The summed E-state index contributed by atoms with van der Waals surface area (Å²) in [6, 6.07) is 8.83. The average molecular weight is 301 g/mol. The van der Waals surface area contributed by atoms with E-state index < -0.39 is 10.9 Å². The number of hydrogen-bond donors (Lipinski definition) is 1. The molecule has 0 amide bonds. The minimum absolute atomic E-state index is 0.104. The number of benzene rings is 1. The number of nitriles is 1. The first kappa shape index (κ1) is 14.5. The molecule has 1 aromatic carbocycles. The molecule has 0 spiro atoms. The van der Waals surface area contributed by atoms with Crippen LogP contribution < -0.4 is 0 Å². The van der Waals surface area contributed by atoms with Crippen molar-refractivity contribution in [3.8, 4) is 6.07 Å². The van der Waals surface area contributed by atoms with Crippen LogP contribution in [0.2, 0.25) is 0 Å². The van der Waals surface area contributed by atoms with E-state index in [1.807, 2.05) is 0 Å². The highest BCUT2D eigenvalue weighted by molar-refractivity contribution is 7.99. The van der Waals surface area contributed by atoms with Crippen molar-refractivity contribution in [3.63, 3.8) is 0 Å². The summed E-state index contributed by atoms with van der Waals surface area (Å²) in [6.07, 6.45) is 1.25. The lowest BCUT2D eigenvalue weighted by atomic mass is 10.2. The largest absolute Gasteiger partial charge is 0.478 e. The number of pyridine rings is 1. The summed E-state index contributed by atoms with van der Waals surface area (Å²) in [4.78, 5) is 25.6. The Kier molecular flexibility index (Phi) is 4.15. The fourth-order valence-electron chi connectivity index (χ4n) is 1.49. The molecule has 0 atom stereocenters. The van der Waals surface area contributed by atoms with Crippen molar-refractivity contribution in [2.45, 2.75) is 9.92 Å². The zero-order chi connectivity index (χ0) is 15.4. The van der Waals surface area contributed by atoms with Gasteiger partial charge in [-0.1, -0.05) is 11.8 Å². The van der Waals surface area contributed by atoms with Gasteiger partial charge in [-0.15, -0.1) is 0 Å². The van der Waals surface area contributed by atoms with Gasteiger partial charge in [-0.25, -0.2) is 9.78 Å². The van der Waals surface area contributed by atoms with E-state index in [9.17, 15) is 14.9 Å². The zero-order valence-electron chi connectivity index (χ0n) is 10.4. The Hall–Kier alpha value is -2.92. The Bertz CT molecular complexity index is 753. The zero-order valence-corrected chi connectivity index (χ0v) is 11.2. The summed E-state index contributed by atoms with van der Waals surface area (Å²) in [5.41, 5.74) is -0.0322. The van der Waals surface area contributed by atoms with Gasteiger partial charge in [0.2, 0.25) is 0 Å². The van der Waals surface area contributed by atoms with Gasteiger partial charge in [-0.2, -0.15) is 5.26 Å². The van der Waals surface area contributed by atoms with Crippen LogP contribution in [0.3, 0.4) is 0 Å². The second-order valence-corrected chi connectivity index (χ2v) is 4.91. The van der Waals surface area contributed by atoms with Gasteiger partial charge >= 0.3 is 11.7 Å². The average Bonchev–Trinajstić information content (AvgIpc) is 2.48. The summed E-state index contributed by atoms with van der Waals surface area (Å²) in [5, 5.41) is 28.7. The van der Waals surface area contributed by atoms with Crippen LogP contribution in [-0.2, 0) is 0 Å². The lowest BCUT2D eigenvalue weighted by Crippen LogP contribution is -1.96. The predicted octanol–water partition coefficient (Wildman–Crippen LogP) is 2.71. The van der Waals surface area contributed by atoms with Crippen molar-refractivity contribution in [1.82, 2.24) is 4.98 Å². The SMILES string of the molecule is N#Cc1cnc(Sc2ccc(C(=O)O)cc2)c([N+](=O)[O-])c1. The maximum atomic E-state index is 11.0. The van der Waals surface area contributed by atoms with E-state index in [-0.39, 0.29) is 21.8 Å². The molecule has 7 nitrogen and oxygen atoms in total. The lowest BCUT2D eigenvalue weighted by molar-refractivity contribution is -0.388. The summed E-state index contributed by atoms with van der Waals surface area (Å²) in [7, 11) is 0. The van der Waals surface area contributed by atoms with Crippen molar-refractivity contribution < 1.29 is 14.8 Å². The van der Waals surface area contributed by atoms with Gasteiger partial charge in [0, 0.05) is 17.2 Å². The highest BCUT2D eigenvalue weighted by Crippen LogP contribution is 2.33. The van der Waals surface area contributed by atoms with E-state index >= 15 is 0 Å². The molecule has 0 saturated carbocycles. The summed E-state index contributed by atoms with van der Waals surface area (Å²) >= 11 is 1.03. The van der Waals surface area contributed by atoms with E-state index in [2.05, 4.69) is 4.98 Å². The molecular weight excluding hydrogens is 294 g/mol. The molecule has 0 aliphatic heterocycles. The number of hydrogen-bond acceptors (Lipinski definition) is 6. The molecule has 0 unspecified atom stereocenters. The molecule has 1 aromatic heterocycles. The van der Waals surface area contributed by atoms with Crippen LogP contribution in [-0.4, -0.2) is 21.0 Å². The monoisotopic (exact) mass is 301 g/mol. The molecule has 104 valence electrons. The van der Waals surface area contributed by atoms with E-state index in [0.717, 1.165) is 17.8 Å². The van der Waals surface area contributed by atoms with Crippen LogP contribution in [0.4, 0.5) is 5.69 Å². The van der Waals surface area contributed by atoms with Crippen LogP contribution in [0.15, 0.2) is 46.5 Å². The van der Waals surface area contributed by atoms with Gasteiger partial charge in [0.15, 0.2) is 5.03 Å². The molecule has 0 fully saturated rings. The van der Waals surface area contributed by atoms with Gasteiger partial charge in [0.05, 0.1) is 16.1 Å². The third-order valence-corrected chi connectivity index (χ3v) is 3.49. The second-order valence-electron chi connectivity index (χ2n) is 3.85. The molecule has 0 saturated heterocycles. The van der Waals surface area contributed by atoms with Crippen LogP contribution in [0.5, 0.6) is 0 Å². The number of carbonyl (C=O) groups is 1. The van der Waals surface area contributed by atoms with Gasteiger partial charge < -0.3 is 5.11 Å². The second kappa shape index (κ2) is 6.02. The smallest absolute Gasteiger partial charge is 0.335 e. The third kappa shape index (κ3) is 3.34. The maximum Gasteiger partial charge on any atom is 0.335 e. The number of rotatable bonds is 4. The van der Waals surface area contributed by atoms with E-state index in [4.69, 9.17) is 10.4 Å². The topological polar surface area (TPSA) is 117 Å². The quantitative estimate of drug-likeness (QED) is 0.681. The number of nitrogens with zero attached hydrogens (tertiary/aromatic N) is 3. The number of nitro groups is 1.